The monoisotopic (exact) mass is 299 g/mol. The quantitative estimate of drug-likeness (QED) is 0.837. The van der Waals surface area contributed by atoms with E-state index in [0.717, 1.165) is 6.54 Å². The van der Waals surface area contributed by atoms with Crippen molar-refractivity contribution in [3.05, 3.63) is 34.1 Å². The van der Waals surface area contributed by atoms with Crippen LogP contribution in [0.15, 0.2) is 22.7 Å². The van der Waals surface area contributed by atoms with Gasteiger partial charge in [0.1, 0.15) is 5.82 Å². The van der Waals surface area contributed by atoms with Crippen molar-refractivity contribution in [1.82, 2.24) is 4.90 Å². The van der Waals surface area contributed by atoms with Crippen LogP contribution in [0.25, 0.3) is 0 Å². The molecule has 0 spiro atoms. The first-order valence-electron chi connectivity index (χ1n) is 5.79. The van der Waals surface area contributed by atoms with Crippen LogP contribution in [0, 0.1) is 11.7 Å². The second kappa shape index (κ2) is 5.17. The van der Waals surface area contributed by atoms with Gasteiger partial charge in [0.2, 0.25) is 0 Å². The van der Waals surface area contributed by atoms with E-state index in [9.17, 15) is 9.18 Å². The van der Waals surface area contributed by atoms with E-state index in [1.54, 1.807) is 24.1 Å². The molecule has 0 radical (unpaired) electrons. The zero-order valence-corrected chi connectivity index (χ0v) is 11.3. The first kappa shape index (κ1) is 12.6. The smallest absolute Gasteiger partial charge is 0.256 e. The molecule has 1 amide bonds. The molecule has 0 unspecified atom stereocenters. The molecule has 17 heavy (non-hydrogen) atoms. The van der Waals surface area contributed by atoms with Gasteiger partial charge >= 0.3 is 0 Å². The van der Waals surface area contributed by atoms with E-state index in [2.05, 4.69) is 15.9 Å². The van der Waals surface area contributed by atoms with E-state index in [4.69, 9.17) is 0 Å². The van der Waals surface area contributed by atoms with Crippen molar-refractivity contribution < 1.29 is 9.18 Å². The lowest BCUT2D eigenvalue weighted by Crippen LogP contribution is -2.34. The summed E-state index contributed by atoms with van der Waals surface area (Å²) in [6.07, 6.45) is 3.61. The summed E-state index contributed by atoms with van der Waals surface area (Å²) < 4.78 is 14.1. The van der Waals surface area contributed by atoms with Gasteiger partial charge in [0, 0.05) is 13.6 Å². The van der Waals surface area contributed by atoms with Gasteiger partial charge in [-0.3, -0.25) is 4.79 Å². The molecule has 0 aliphatic heterocycles. The molecule has 0 saturated heterocycles. The van der Waals surface area contributed by atoms with Gasteiger partial charge in [0.25, 0.3) is 5.91 Å². The van der Waals surface area contributed by atoms with Gasteiger partial charge in [0.05, 0.1) is 10.0 Å². The number of hydrogen-bond acceptors (Lipinski definition) is 1. The molecule has 0 aromatic heterocycles. The van der Waals surface area contributed by atoms with Crippen molar-refractivity contribution in [3.63, 3.8) is 0 Å². The van der Waals surface area contributed by atoms with Gasteiger partial charge < -0.3 is 4.90 Å². The minimum atomic E-state index is -0.474. The topological polar surface area (TPSA) is 20.3 Å². The van der Waals surface area contributed by atoms with Gasteiger partial charge in [0.15, 0.2) is 0 Å². The number of hydrogen-bond donors (Lipinski definition) is 0. The fourth-order valence-corrected chi connectivity index (χ4v) is 2.39. The summed E-state index contributed by atoms with van der Waals surface area (Å²) in [6, 6.07) is 4.80. The maximum atomic E-state index is 13.8. The molecule has 2 rings (SSSR count). The fraction of sp³-hybridized carbons (Fsp3) is 0.462. The summed E-state index contributed by atoms with van der Waals surface area (Å²) >= 11 is 3.09. The average Bonchev–Trinajstić information content (AvgIpc) is 2.26. The van der Waals surface area contributed by atoms with Crippen molar-refractivity contribution >= 4 is 21.8 Å². The van der Waals surface area contributed by atoms with E-state index in [0.29, 0.717) is 10.4 Å². The maximum absolute atomic E-state index is 13.8. The van der Waals surface area contributed by atoms with Crippen LogP contribution in [0.1, 0.15) is 29.6 Å². The maximum Gasteiger partial charge on any atom is 0.256 e. The van der Waals surface area contributed by atoms with E-state index in [-0.39, 0.29) is 11.5 Å². The number of halogens is 2. The zero-order valence-electron chi connectivity index (χ0n) is 9.75. The van der Waals surface area contributed by atoms with Crippen LogP contribution >= 0.6 is 15.9 Å². The highest BCUT2D eigenvalue weighted by atomic mass is 79.9. The normalized spacial score (nSPS) is 15.5. The molecule has 1 saturated carbocycles. The zero-order chi connectivity index (χ0) is 12.4. The fourth-order valence-electron chi connectivity index (χ4n) is 2.02. The predicted molar refractivity (Wildman–Crippen MR) is 68.4 cm³/mol. The Hall–Kier alpha value is -0.900. The molecule has 0 bridgehead atoms. The average molecular weight is 300 g/mol. The molecule has 1 aliphatic rings. The molecule has 0 heterocycles. The summed E-state index contributed by atoms with van der Waals surface area (Å²) in [5.41, 5.74) is 0.140. The minimum Gasteiger partial charge on any atom is -0.341 e. The second-order valence-corrected chi connectivity index (χ2v) is 5.44. The molecule has 1 aromatic carbocycles. The third-order valence-electron chi connectivity index (χ3n) is 3.29. The molecule has 0 N–H and O–H groups in total. The lowest BCUT2D eigenvalue weighted by atomic mass is 9.85. The molecular formula is C13H15BrFNO. The van der Waals surface area contributed by atoms with E-state index >= 15 is 0 Å². The Morgan fingerprint density at radius 2 is 2.24 bits per heavy atom. The summed E-state index contributed by atoms with van der Waals surface area (Å²) in [5.74, 6) is -0.118. The predicted octanol–water partition coefficient (Wildman–Crippen LogP) is 3.46. The van der Waals surface area contributed by atoms with Crippen molar-refractivity contribution in [3.8, 4) is 0 Å². The summed E-state index contributed by atoms with van der Waals surface area (Å²) in [4.78, 5) is 13.7. The van der Waals surface area contributed by atoms with E-state index in [1.807, 2.05) is 0 Å². The number of amides is 1. The summed E-state index contributed by atoms with van der Waals surface area (Å²) in [6.45, 7) is 0.727. The van der Waals surface area contributed by atoms with Crippen molar-refractivity contribution in [2.24, 2.45) is 5.92 Å². The van der Waals surface area contributed by atoms with Gasteiger partial charge in [-0.05, 0) is 46.8 Å². The number of nitrogens with zero attached hydrogens (tertiary/aromatic N) is 1. The number of carbonyl (C=O) groups is 1. The summed E-state index contributed by atoms with van der Waals surface area (Å²) in [5, 5.41) is 0. The van der Waals surface area contributed by atoms with E-state index in [1.165, 1.54) is 25.3 Å². The van der Waals surface area contributed by atoms with Crippen LogP contribution in [-0.2, 0) is 0 Å². The Balaban J connectivity index is 2.09. The number of rotatable bonds is 3. The van der Waals surface area contributed by atoms with E-state index < -0.39 is 5.82 Å². The third-order valence-corrected chi connectivity index (χ3v) is 3.90. The van der Waals surface area contributed by atoms with Crippen LogP contribution in [0.4, 0.5) is 4.39 Å². The van der Waals surface area contributed by atoms with Crippen molar-refractivity contribution in [2.45, 2.75) is 19.3 Å². The van der Waals surface area contributed by atoms with Gasteiger partial charge in [-0.1, -0.05) is 12.5 Å². The molecule has 1 aromatic rings. The lowest BCUT2D eigenvalue weighted by Gasteiger charge is -2.30. The van der Waals surface area contributed by atoms with Crippen LogP contribution in [-0.4, -0.2) is 24.4 Å². The standard InChI is InChI=1S/C13H15BrFNO/c1-16(8-9-4-2-5-9)13(17)10-6-3-7-11(14)12(10)15/h3,6-7,9H,2,4-5,8H2,1H3. The van der Waals surface area contributed by atoms with Gasteiger partial charge in [-0.2, -0.15) is 0 Å². The Kier molecular flexibility index (Phi) is 3.82. The molecular weight excluding hydrogens is 285 g/mol. The molecule has 2 nitrogen and oxygen atoms in total. The largest absolute Gasteiger partial charge is 0.341 e. The Labute approximate surface area is 109 Å². The molecule has 92 valence electrons. The molecule has 0 atom stereocenters. The van der Waals surface area contributed by atoms with Crippen LogP contribution < -0.4 is 0 Å². The highest BCUT2D eigenvalue weighted by Gasteiger charge is 2.23. The summed E-state index contributed by atoms with van der Waals surface area (Å²) in [7, 11) is 1.74. The van der Waals surface area contributed by atoms with Gasteiger partial charge in [-0.25, -0.2) is 4.39 Å². The second-order valence-electron chi connectivity index (χ2n) is 4.58. The molecule has 1 fully saturated rings. The van der Waals surface area contributed by atoms with Crippen LogP contribution in [0.5, 0.6) is 0 Å². The highest BCUT2D eigenvalue weighted by Crippen LogP contribution is 2.27. The third kappa shape index (κ3) is 2.68. The Morgan fingerprint density at radius 1 is 1.53 bits per heavy atom. The van der Waals surface area contributed by atoms with Crippen molar-refractivity contribution in [2.75, 3.05) is 13.6 Å². The first-order valence-corrected chi connectivity index (χ1v) is 6.58. The first-order chi connectivity index (χ1) is 8.09. The van der Waals surface area contributed by atoms with Crippen molar-refractivity contribution in [1.29, 1.82) is 0 Å². The molecule has 4 heteroatoms. The SMILES string of the molecule is CN(CC1CCC1)C(=O)c1cccc(Br)c1F. The van der Waals surface area contributed by atoms with Gasteiger partial charge in [-0.15, -0.1) is 0 Å². The lowest BCUT2D eigenvalue weighted by molar-refractivity contribution is 0.0740. The Bertz CT molecular complexity index is 431. The highest BCUT2D eigenvalue weighted by molar-refractivity contribution is 9.10. The van der Waals surface area contributed by atoms with Crippen LogP contribution in [0.2, 0.25) is 0 Å². The molecule has 1 aliphatic carbocycles. The van der Waals surface area contributed by atoms with Crippen LogP contribution in [0.3, 0.4) is 0 Å². The number of benzene rings is 1. The Morgan fingerprint density at radius 3 is 2.82 bits per heavy atom. The number of carbonyl (C=O) groups excluding carboxylic acids is 1. The minimum absolute atomic E-state index is 0.140.